The third-order valence-corrected chi connectivity index (χ3v) is 4.24. The van der Waals surface area contributed by atoms with Crippen LogP contribution in [0.5, 0.6) is 0 Å². The Morgan fingerprint density at radius 1 is 1.60 bits per heavy atom. The van der Waals surface area contributed by atoms with Crippen molar-refractivity contribution in [1.29, 1.82) is 0 Å². The fourth-order valence-corrected chi connectivity index (χ4v) is 3.09. The van der Waals surface area contributed by atoms with E-state index in [1.807, 2.05) is 24.7 Å². The molecule has 2 aromatic heterocycles. The van der Waals surface area contributed by atoms with E-state index in [1.165, 1.54) is 11.5 Å². The lowest BCUT2D eigenvalue weighted by Crippen LogP contribution is -2.37. The highest BCUT2D eigenvalue weighted by Crippen LogP contribution is 2.28. The second-order valence-corrected chi connectivity index (χ2v) is 5.50. The third kappa shape index (κ3) is 2.34. The molecule has 0 unspecified atom stereocenters. The highest BCUT2D eigenvalue weighted by Gasteiger charge is 2.34. The molecule has 0 bridgehead atoms. The summed E-state index contributed by atoms with van der Waals surface area (Å²) >= 11 is 1.29. The predicted octanol–water partition coefficient (Wildman–Crippen LogP) is 1.45. The SMILES string of the molecule is Cc1nscc1C(=O)N[C@H]1CCO[C@@H]1c1nccn1C. The number of nitrogens with zero attached hydrogens (tertiary/aromatic N) is 3. The first kappa shape index (κ1) is 13.3. The molecule has 0 aromatic carbocycles. The van der Waals surface area contributed by atoms with Crippen LogP contribution in [-0.4, -0.2) is 32.5 Å². The first-order valence-electron chi connectivity index (χ1n) is 6.47. The van der Waals surface area contributed by atoms with E-state index >= 15 is 0 Å². The molecule has 2 aromatic rings. The summed E-state index contributed by atoms with van der Waals surface area (Å²) in [4.78, 5) is 16.6. The molecule has 1 aliphatic rings. The Hall–Kier alpha value is -1.73. The maximum absolute atomic E-state index is 12.3. The summed E-state index contributed by atoms with van der Waals surface area (Å²) in [5.74, 6) is 0.749. The van der Waals surface area contributed by atoms with Gasteiger partial charge in [-0.05, 0) is 24.9 Å². The molecule has 1 fully saturated rings. The van der Waals surface area contributed by atoms with E-state index in [0.717, 1.165) is 17.9 Å². The fourth-order valence-electron chi connectivity index (χ4n) is 2.40. The van der Waals surface area contributed by atoms with Crippen molar-refractivity contribution in [1.82, 2.24) is 19.2 Å². The Morgan fingerprint density at radius 2 is 2.45 bits per heavy atom. The van der Waals surface area contributed by atoms with Gasteiger partial charge in [0.05, 0.1) is 17.3 Å². The predicted molar refractivity (Wildman–Crippen MR) is 74.6 cm³/mol. The molecule has 0 radical (unpaired) electrons. The molecule has 3 heterocycles. The first-order valence-corrected chi connectivity index (χ1v) is 7.31. The molecule has 1 aliphatic heterocycles. The molecule has 6 nitrogen and oxygen atoms in total. The van der Waals surface area contributed by atoms with Crippen LogP contribution in [-0.2, 0) is 11.8 Å². The average molecular weight is 292 g/mol. The Labute approximate surface area is 121 Å². The number of aryl methyl sites for hydroxylation is 2. The molecule has 0 aliphatic carbocycles. The zero-order chi connectivity index (χ0) is 14.1. The van der Waals surface area contributed by atoms with E-state index in [0.29, 0.717) is 12.2 Å². The molecule has 0 spiro atoms. The van der Waals surface area contributed by atoms with Crippen LogP contribution < -0.4 is 5.32 Å². The lowest BCUT2D eigenvalue weighted by atomic mass is 10.1. The number of rotatable bonds is 3. The number of hydrogen-bond donors (Lipinski definition) is 1. The summed E-state index contributed by atoms with van der Waals surface area (Å²) in [5, 5.41) is 4.81. The minimum Gasteiger partial charge on any atom is -0.368 e. The summed E-state index contributed by atoms with van der Waals surface area (Å²) in [5.41, 5.74) is 1.40. The van der Waals surface area contributed by atoms with E-state index in [-0.39, 0.29) is 18.1 Å². The molecule has 2 atom stereocenters. The van der Waals surface area contributed by atoms with Crippen LogP contribution in [0.1, 0.15) is 34.4 Å². The molecular formula is C13H16N4O2S. The maximum Gasteiger partial charge on any atom is 0.254 e. The van der Waals surface area contributed by atoms with Crippen LogP contribution >= 0.6 is 11.5 Å². The van der Waals surface area contributed by atoms with Crippen molar-refractivity contribution in [2.24, 2.45) is 7.05 Å². The quantitative estimate of drug-likeness (QED) is 0.929. The second-order valence-electron chi connectivity index (χ2n) is 4.87. The number of aromatic nitrogens is 3. The normalized spacial score (nSPS) is 22.1. The van der Waals surface area contributed by atoms with E-state index in [1.54, 1.807) is 11.6 Å². The summed E-state index contributed by atoms with van der Waals surface area (Å²) in [6, 6.07) is -0.0529. The number of carbonyl (C=O) groups excluding carboxylic acids is 1. The van der Waals surface area contributed by atoms with E-state index in [2.05, 4.69) is 14.7 Å². The van der Waals surface area contributed by atoms with Gasteiger partial charge in [-0.3, -0.25) is 4.79 Å². The van der Waals surface area contributed by atoms with Gasteiger partial charge in [0, 0.05) is 31.4 Å². The topological polar surface area (TPSA) is 69.0 Å². The Morgan fingerprint density at radius 3 is 3.10 bits per heavy atom. The van der Waals surface area contributed by atoms with Crippen molar-refractivity contribution >= 4 is 17.4 Å². The lowest BCUT2D eigenvalue weighted by molar-refractivity contribution is 0.0779. The van der Waals surface area contributed by atoms with Crippen molar-refractivity contribution in [3.63, 3.8) is 0 Å². The monoisotopic (exact) mass is 292 g/mol. The van der Waals surface area contributed by atoms with Crippen LogP contribution in [0.2, 0.25) is 0 Å². The molecule has 0 saturated carbocycles. The summed E-state index contributed by atoms with van der Waals surface area (Å²) in [6.07, 6.45) is 4.22. The van der Waals surface area contributed by atoms with Crippen molar-refractivity contribution in [3.8, 4) is 0 Å². The van der Waals surface area contributed by atoms with E-state index in [4.69, 9.17) is 4.74 Å². The van der Waals surface area contributed by atoms with Gasteiger partial charge in [0.25, 0.3) is 5.91 Å². The largest absolute Gasteiger partial charge is 0.368 e. The fraction of sp³-hybridized carbons (Fsp3) is 0.462. The maximum atomic E-state index is 12.3. The Balaban J connectivity index is 1.75. The zero-order valence-electron chi connectivity index (χ0n) is 11.4. The van der Waals surface area contributed by atoms with Crippen LogP contribution in [0.4, 0.5) is 0 Å². The van der Waals surface area contributed by atoms with E-state index in [9.17, 15) is 4.79 Å². The smallest absolute Gasteiger partial charge is 0.254 e. The summed E-state index contributed by atoms with van der Waals surface area (Å²) in [7, 11) is 1.93. The van der Waals surface area contributed by atoms with Gasteiger partial charge in [-0.15, -0.1) is 0 Å². The third-order valence-electron chi connectivity index (χ3n) is 3.52. The number of ether oxygens (including phenoxy) is 1. The van der Waals surface area contributed by atoms with Gasteiger partial charge in [0.1, 0.15) is 11.9 Å². The summed E-state index contributed by atoms with van der Waals surface area (Å²) in [6.45, 7) is 2.47. The molecule has 1 amide bonds. The lowest BCUT2D eigenvalue weighted by Gasteiger charge is -2.19. The van der Waals surface area contributed by atoms with Gasteiger partial charge in [-0.1, -0.05) is 0 Å². The molecular weight excluding hydrogens is 276 g/mol. The van der Waals surface area contributed by atoms with Crippen molar-refractivity contribution in [3.05, 3.63) is 34.9 Å². The molecule has 1 saturated heterocycles. The van der Waals surface area contributed by atoms with Gasteiger partial charge in [0.15, 0.2) is 0 Å². The summed E-state index contributed by atoms with van der Waals surface area (Å²) < 4.78 is 11.8. The van der Waals surface area contributed by atoms with Gasteiger partial charge < -0.3 is 14.6 Å². The van der Waals surface area contributed by atoms with Crippen LogP contribution in [0.25, 0.3) is 0 Å². The number of imidazole rings is 1. The van der Waals surface area contributed by atoms with Crippen LogP contribution in [0.3, 0.4) is 0 Å². The number of carbonyl (C=O) groups is 1. The molecule has 20 heavy (non-hydrogen) atoms. The van der Waals surface area contributed by atoms with E-state index < -0.39 is 0 Å². The second kappa shape index (κ2) is 5.34. The van der Waals surface area contributed by atoms with Crippen molar-refractivity contribution in [2.45, 2.75) is 25.5 Å². The highest BCUT2D eigenvalue weighted by molar-refractivity contribution is 7.03. The molecule has 3 rings (SSSR count). The van der Waals surface area contributed by atoms with Gasteiger partial charge in [-0.2, -0.15) is 4.37 Å². The zero-order valence-corrected chi connectivity index (χ0v) is 12.2. The van der Waals surface area contributed by atoms with Crippen molar-refractivity contribution in [2.75, 3.05) is 6.61 Å². The number of amides is 1. The minimum atomic E-state index is -0.189. The molecule has 106 valence electrons. The Bertz CT molecular complexity index is 621. The first-order chi connectivity index (χ1) is 9.66. The average Bonchev–Trinajstić information content (AvgIpc) is 3.10. The number of hydrogen-bond acceptors (Lipinski definition) is 5. The minimum absolute atomic E-state index is 0.0529. The standard InChI is InChI=1S/C13H16N4O2S/c1-8-9(7-20-16-8)13(18)15-10-3-6-19-11(10)12-14-4-5-17(12)2/h4-5,7,10-11H,3,6H2,1-2H3,(H,15,18)/t10-,11-/m0/s1. The van der Waals surface area contributed by atoms with Crippen molar-refractivity contribution < 1.29 is 9.53 Å². The van der Waals surface area contributed by atoms with Gasteiger partial charge in [-0.25, -0.2) is 4.98 Å². The molecule has 7 heteroatoms. The highest BCUT2D eigenvalue weighted by atomic mass is 32.1. The van der Waals surface area contributed by atoms with Gasteiger partial charge >= 0.3 is 0 Å². The number of nitrogens with one attached hydrogen (secondary N) is 1. The Kier molecular flexibility index (Phi) is 3.54. The van der Waals surface area contributed by atoms with Crippen LogP contribution in [0.15, 0.2) is 17.8 Å². The van der Waals surface area contributed by atoms with Crippen LogP contribution in [0, 0.1) is 6.92 Å². The molecule has 1 N–H and O–H groups in total. The van der Waals surface area contributed by atoms with Gasteiger partial charge in [0.2, 0.25) is 0 Å².